The molecule has 3 rings (SSSR count). The normalized spacial score (nSPS) is 10.7. The molecule has 0 saturated heterocycles. The molecule has 6 heteroatoms. The zero-order valence-corrected chi connectivity index (χ0v) is 14.9. The fourth-order valence-corrected chi connectivity index (χ4v) is 2.64. The average Bonchev–Trinajstić information content (AvgIpc) is 2.97. The van der Waals surface area contributed by atoms with Crippen molar-refractivity contribution < 1.29 is 18.7 Å². The number of hydrogen-bond donors (Lipinski definition) is 2. The molecule has 6 nitrogen and oxygen atoms in total. The van der Waals surface area contributed by atoms with Gasteiger partial charge in [0.1, 0.15) is 17.9 Å². The van der Waals surface area contributed by atoms with E-state index in [0.29, 0.717) is 22.3 Å². The Bertz CT molecular complexity index is 975. The highest BCUT2D eigenvalue weighted by atomic mass is 16.5. The molecule has 0 bridgehead atoms. The summed E-state index contributed by atoms with van der Waals surface area (Å²) in [6, 6.07) is 12.8. The predicted molar refractivity (Wildman–Crippen MR) is 101 cm³/mol. The molecule has 0 spiro atoms. The predicted octanol–water partition coefficient (Wildman–Crippen LogP) is 3.89. The van der Waals surface area contributed by atoms with Crippen molar-refractivity contribution in [2.75, 3.05) is 24.4 Å². The number of furan rings is 1. The largest absolute Gasteiger partial charge is 0.449 e. The van der Waals surface area contributed by atoms with E-state index in [9.17, 15) is 9.59 Å². The summed E-state index contributed by atoms with van der Waals surface area (Å²) in [6.07, 6.45) is 0. The number of carbonyl (C=O) groups excluding carboxylic acids is 2. The molecule has 0 aliphatic carbocycles. The van der Waals surface area contributed by atoms with Crippen molar-refractivity contribution >= 4 is 34.2 Å². The van der Waals surface area contributed by atoms with Crippen molar-refractivity contribution in [3.8, 4) is 0 Å². The van der Waals surface area contributed by atoms with E-state index in [1.807, 2.05) is 38.1 Å². The number of ether oxygens (including phenoxy) is 1. The first-order chi connectivity index (χ1) is 12.5. The van der Waals surface area contributed by atoms with Crippen LogP contribution in [0.4, 0.5) is 11.4 Å². The molecule has 0 atom stereocenters. The third-order valence-electron chi connectivity index (χ3n) is 4.11. The Hall–Kier alpha value is -3.12. The average molecular weight is 352 g/mol. The first kappa shape index (κ1) is 17.7. The van der Waals surface area contributed by atoms with E-state index in [1.165, 1.54) is 7.11 Å². The van der Waals surface area contributed by atoms with Crippen molar-refractivity contribution in [3.63, 3.8) is 0 Å². The zero-order valence-electron chi connectivity index (χ0n) is 14.9. The van der Waals surface area contributed by atoms with Crippen LogP contribution in [0.5, 0.6) is 0 Å². The van der Waals surface area contributed by atoms with Crippen LogP contribution in [0, 0.1) is 13.8 Å². The second-order valence-electron chi connectivity index (χ2n) is 6.04. The minimum atomic E-state index is -0.433. The third kappa shape index (κ3) is 3.60. The fourth-order valence-electron chi connectivity index (χ4n) is 2.64. The Morgan fingerprint density at radius 3 is 2.54 bits per heavy atom. The lowest BCUT2D eigenvalue weighted by Crippen LogP contribution is -2.20. The van der Waals surface area contributed by atoms with Crippen molar-refractivity contribution in [2.24, 2.45) is 0 Å². The van der Waals surface area contributed by atoms with Crippen LogP contribution < -0.4 is 10.6 Å². The number of fused-ring (bicyclic) bond motifs is 1. The minimum Gasteiger partial charge on any atom is -0.449 e. The number of aryl methyl sites for hydroxylation is 2. The van der Waals surface area contributed by atoms with Gasteiger partial charge in [0.2, 0.25) is 11.7 Å². The molecule has 1 aromatic heterocycles. The lowest BCUT2D eigenvalue weighted by atomic mass is 10.1. The van der Waals surface area contributed by atoms with E-state index in [-0.39, 0.29) is 18.3 Å². The van der Waals surface area contributed by atoms with Crippen LogP contribution in [0.15, 0.2) is 46.9 Å². The van der Waals surface area contributed by atoms with Gasteiger partial charge in [-0.05, 0) is 49.2 Å². The Labute approximate surface area is 151 Å². The molecule has 0 unspecified atom stereocenters. The molecule has 3 aromatic rings. The topological polar surface area (TPSA) is 80.6 Å². The summed E-state index contributed by atoms with van der Waals surface area (Å²) in [5, 5.41) is 6.18. The van der Waals surface area contributed by atoms with Crippen LogP contribution >= 0.6 is 0 Å². The van der Waals surface area contributed by atoms with E-state index in [4.69, 9.17) is 9.15 Å². The lowest BCUT2D eigenvalue weighted by molar-refractivity contribution is -0.119. The van der Waals surface area contributed by atoms with Gasteiger partial charge in [-0.3, -0.25) is 9.59 Å². The van der Waals surface area contributed by atoms with E-state index < -0.39 is 5.91 Å². The summed E-state index contributed by atoms with van der Waals surface area (Å²) < 4.78 is 10.5. The van der Waals surface area contributed by atoms with Crippen LogP contribution in [0.3, 0.4) is 0 Å². The highest BCUT2D eigenvalue weighted by Gasteiger charge is 2.22. The summed E-state index contributed by atoms with van der Waals surface area (Å²) in [4.78, 5) is 24.7. The van der Waals surface area contributed by atoms with Crippen LogP contribution in [0.25, 0.3) is 11.0 Å². The summed E-state index contributed by atoms with van der Waals surface area (Å²) in [7, 11) is 1.43. The van der Waals surface area contributed by atoms with Gasteiger partial charge in [0.15, 0.2) is 0 Å². The van der Waals surface area contributed by atoms with E-state index in [0.717, 1.165) is 11.1 Å². The summed E-state index contributed by atoms with van der Waals surface area (Å²) in [5.74, 6) is -0.745. The lowest BCUT2D eigenvalue weighted by Gasteiger charge is -2.08. The first-order valence-electron chi connectivity index (χ1n) is 8.18. The minimum absolute atomic E-state index is 0.0499. The van der Waals surface area contributed by atoms with Gasteiger partial charge in [-0.25, -0.2) is 0 Å². The van der Waals surface area contributed by atoms with Crippen molar-refractivity contribution in [1.82, 2.24) is 0 Å². The number of hydrogen-bond acceptors (Lipinski definition) is 4. The molecular formula is C20H20N2O4. The number of anilines is 2. The molecular weight excluding hydrogens is 332 g/mol. The number of nitrogens with one attached hydrogen (secondary N) is 2. The van der Waals surface area contributed by atoms with Gasteiger partial charge in [0.05, 0.1) is 0 Å². The Morgan fingerprint density at radius 1 is 1.04 bits per heavy atom. The highest BCUT2D eigenvalue weighted by molar-refractivity contribution is 6.14. The van der Waals surface area contributed by atoms with Crippen LogP contribution in [-0.2, 0) is 9.53 Å². The van der Waals surface area contributed by atoms with Gasteiger partial charge in [-0.15, -0.1) is 0 Å². The molecule has 1 heterocycles. The SMILES string of the molecule is COCC(=O)Nc1c(C(=O)Nc2ccc(C)c(C)c2)oc2ccccc12. The monoisotopic (exact) mass is 352 g/mol. The van der Waals surface area contributed by atoms with Crippen LogP contribution in [0.1, 0.15) is 21.7 Å². The maximum atomic E-state index is 12.8. The molecule has 26 heavy (non-hydrogen) atoms. The number of carbonyl (C=O) groups is 2. The Kier molecular flexibility index (Phi) is 5.04. The number of para-hydroxylation sites is 1. The van der Waals surface area contributed by atoms with Gasteiger partial charge in [0.25, 0.3) is 5.91 Å². The standard InChI is InChI=1S/C20H20N2O4/c1-12-8-9-14(10-13(12)2)21-20(24)19-18(22-17(23)11-25-3)15-6-4-5-7-16(15)26-19/h4-10H,11H2,1-3H3,(H,21,24)(H,22,23). The van der Waals surface area contributed by atoms with Gasteiger partial charge < -0.3 is 19.8 Å². The summed E-state index contributed by atoms with van der Waals surface area (Å²) >= 11 is 0. The highest BCUT2D eigenvalue weighted by Crippen LogP contribution is 2.31. The molecule has 0 aliphatic heterocycles. The molecule has 2 N–H and O–H groups in total. The molecule has 2 amide bonds. The molecule has 0 fully saturated rings. The fraction of sp³-hybridized carbons (Fsp3) is 0.200. The molecule has 134 valence electrons. The van der Waals surface area contributed by atoms with Crippen molar-refractivity contribution in [3.05, 3.63) is 59.4 Å². The van der Waals surface area contributed by atoms with Crippen LogP contribution in [-0.4, -0.2) is 25.5 Å². The maximum Gasteiger partial charge on any atom is 0.293 e. The van der Waals surface area contributed by atoms with E-state index in [2.05, 4.69) is 10.6 Å². The van der Waals surface area contributed by atoms with Gasteiger partial charge in [0, 0.05) is 18.2 Å². The first-order valence-corrected chi connectivity index (χ1v) is 8.18. The summed E-state index contributed by atoms with van der Waals surface area (Å²) in [5.41, 5.74) is 3.72. The Morgan fingerprint density at radius 2 is 1.81 bits per heavy atom. The smallest absolute Gasteiger partial charge is 0.293 e. The van der Waals surface area contributed by atoms with Crippen molar-refractivity contribution in [2.45, 2.75) is 13.8 Å². The molecule has 2 aromatic carbocycles. The summed E-state index contributed by atoms with van der Waals surface area (Å²) in [6.45, 7) is 3.87. The van der Waals surface area contributed by atoms with Crippen molar-refractivity contribution in [1.29, 1.82) is 0 Å². The molecule has 0 saturated carbocycles. The zero-order chi connectivity index (χ0) is 18.7. The quantitative estimate of drug-likeness (QED) is 0.730. The number of amides is 2. The number of rotatable bonds is 5. The second kappa shape index (κ2) is 7.41. The molecule has 0 radical (unpaired) electrons. The van der Waals surface area contributed by atoms with Gasteiger partial charge in [-0.2, -0.15) is 0 Å². The van der Waals surface area contributed by atoms with Gasteiger partial charge >= 0.3 is 0 Å². The van der Waals surface area contributed by atoms with E-state index >= 15 is 0 Å². The second-order valence-corrected chi connectivity index (χ2v) is 6.04. The van der Waals surface area contributed by atoms with Gasteiger partial charge in [-0.1, -0.05) is 18.2 Å². The van der Waals surface area contributed by atoms with E-state index in [1.54, 1.807) is 18.2 Å². The molecule has 0 aliphatic rings. The maximum absolute atomic E-state index is 12.8. The number of methoxy groups -OCH3 is 1. The van der Waals surface area contributed by atoms with Crippen LogP contribution in [0.2, 0.25) is 0 Å². The Balaban J connectivity index is 1.95. The third-order valence-corrected chi connectivity index (χ3v) is 4.11. The number of benzene rings is 2.